The maximum absolute atomic E-state index is 12.1. The zero-order valence-corrected chi connectivity index (χ0v) is 13.6. The maximum atomic E-state index is 12.1. The molecule has 0 fully saturated rings. The van der Waals surface area contributed by atoms with Crippen LogP contribution < -0.4 is 0 Å². The molecule has 0 amide bonds. The Balaban J connectivity index is 1.76. The van der Waals surface area contributed by atoms with E-state index in [1.165, 1.54) is 0 Å². The molecule has 2 aromatic carbocycles. The Labute approximate surface area is 141 Å². The van der Waals surface area contributed by atoms with Gasteiger partial charge in [0, 0.05) is 27.2 Å². The van der Waals surface area contributed by atoms with Gasteiger partial charge in [0.15, 0.2) is 0 Å². The first-order chi connectivity index (χ1) is 11.2. The zero-order valence-electron chi connectivity index (χ0n) is 12.0. The van der Waals surface area contributed by atoms with Crippen molar-refractivity contribution in [2.45, 2.75) is 6.61 Å². The van der Waals surface area contributed by atoms with Gasteiger partial charge in [-0.15, -0.1) is 0 Å². The normalized spacial score (nSPS) is 10.5. The van der Waals surface area contributed by atoms with E-state index in [9.17, 15) is 9.59 Å². The summed E-state index contributed by atoms with van der Waals surface area (Å²) in [4.78, 5) is 28.4. The minimum absolute atomic E-state index is 0.00335. The van der Waals surface area contributed by atoms with Crippen LogP contribution in [-0.4, -0.2) is 16.7 Å². The molecule has 0 aliphatic heterocycles. The smallest absolute Gasteiger partial charge is 0.380 e. The van der Waals surface area contributed by atoms with E-state index in [1.54, 1.807) is 30.5 Å². The zero-order chi connectivity index (χ0) is 16.2. The van der Waals surface area contributed by atoms with Gasteiger partial charge >= 0.3 is 5.97 Å². The molecule has 23 heavy (non-hydrogen) atoms. The van der Waals surface area contributed by atoms with Gasteiger partial charge in [-0.25, -0.2) is 4.79 Å². The van der Waals surface area contributed by atoms with Crippen LogP contribution in [0.25, 0.3) is 10.9 Å². The van der Waals surface area contributed by atoms with Gasteiger partial charge in [0.1, 0.15) is 6.61 Å². The number of nitrogens with zero attached hydrogens (tertiary/aromatic N) is 1. The summed E-state index contributed by atoms with van der Waals surface area (Å²) in [5.41, 5.74) is 1.81. The van der Waals surface area contributed by atoms with Crippen molar-refractivity contribution in [3.8, 4) is 0 Å². The standard InChI is InChI=1S/C18H12BrNO3/c19-15-9-2-1-8-14(15)17(21)18(22)23-11-13-6-3-5-12-7-4-10-20-16(12)13/h1-10H,11H2. The van der Waals surface area contributed by atoms with Crippen LogP contribution in [0.2, 0.25) is 0 Å². The summed E-state index contributed by atoms with van der Waals surface area (Å²) in [6, 6.07) is 16.1. The summed E-state index contributed by atoms with van der Waals surface area (Å²) in [5, 5.41) is 0.957. The van der Waals surface area contributed by atoms with E-state index in [-0.39, 0.29) is 12.2 Å². The molecule has 0 N–H and O–H groups in total. The highest BCUT2D eigenvalue weighted by Crippen LogP contribution is 2.19. The Morgan fingerprint density at radius 2 is 1.78 bits per heavy atom. The van der Waals surface area contributed by atoms with Gasteiger partial charge in [-0.2, -0.15) is 0 Å². The second-order valence-corrected chi connectivity index (χ2v) is 5.73. The lowest BCUT2D eigenvalue weighted by Gasteiger charge is -2.07. The van der Waals surface area contributed by atoms with Crippen molar-refractivity contribution < 1.29 is 14.3 Å². The fraction of sp³-hybridized carbons (Fsp3) is 0.0556. The summed E-state index contributed by atoms with van der Waals surface area (Å²) >= 11 is 3.26. The molecule has 0 unspecified atom stereocenters. The molecular formula is C18H12BrNO3. The molecule has 0 radical (unpaired) electrons. The predicted octanol–water partition coefficient (Wildman–Crippen LogP) is 3.92. The number of pyridine rings is 1. The quantitative estimate of drug-likeness (QED) is 0.397. The third-order valence-corrected chi connectivity index (χ3v) is 4.07. The first-order valence-corrected chi connectivity index (χ1v) is 7.75. The molecule has 0 saturated carbocycles. The molecule has 4 nitrogen and oxygen atoms in total. The number of carbonyl (C=O) groups is 2. The third-order valence-electron chi connectivity index (χ3n) is 3.38. The van der Waals surface area contributed by atoms with Crippen LogP contribution in [0.15, 0.2) is 65.3 Å². The Morgan fingerprint density at radius 1 is 1.00 bits per heavy atom. The van der Waals surface area contributed by atoms with E-state index in [4.69, 9.17) is 4.74 Å². The Hall–Kier alpha value is -2.53. The number of rotatable bonds is 4. The SMILES string of the molecule is O=C(OCc1cccc2cccnc12)C(=O)c1ccccc1Br. The number of esters is 1. The number of ketones is 1. The third kappa shape index (κ3) is 3.29. The molecule has 0 bridgehead atoms. The topological polar surface area (TPSA) is 56.3 Å². The summed E-state index contributed by atoms with van der Waals surface area (Å²) in [5.74, 6) is -1.56. The van der Waals surface area contributed by atoms with Crippen molar-refractivity contribution in [1.29, 1.82) is 0 Å². The molecule has 114 valence electrons. The van der Waals surface area contributed by atoms with Gasteiger partial charge in [0.25, 0.3) is 5.78 Å². The largest absolute Gasteiger partial charge is 0.455 e. The van der Waals surface area contributed by atoms with Crippen molar-refractivity contribution in [2.75, 3.05) is 0 Å². The monoisotopic (exact) mass is 369 g/mol. The molecule has 0 aliphatic carbocycles. The summed E-state index contributed by atoms with van der Waals surface area (Å²) in [7, 11) is 0. The fourth-order valence-electron chi connectivity index (χ4n) is 2.25. The second-order valence-electron chi connectivity index (χ2n) is 4.88. The van der Waals surface area contributed by atoms with E-state index in [2.05, 4.69) is 20.9 Å². The lowest BCUT2D eigenvalue weighted by molar-refractivity contribution is -0.139. The lowest BCUT2D eigenvalue weighted by Crippen LogP contribution is -2.18. The number of hydrogen-bond acceptors (Lipinski definition) is 4. The lowest BCUT2D eigenvalue weighted by atomic mass is 10.1. The fourth-order valence-corrected chi connectivity index (χ4v) is 2.71. The van der Waals surface area contributed by atoms with Gasteiger partial charge in [0.2, 0.25) is 0 Å². The number of Topliss-reactive ketones (excluding diaryl/α,β-unsaturated/α-hetero) is 1. The second kappa shape index (κ2) is 6.71. The first-order valence-electron chi connectivity index (χ1n) is 6.95. The van der Waals surface area contributed by atoms with Crippen molar-refractivity contribution >= 4 is 38.6 Å². The summed E-state index contributed by atoms with van der Waals surface area (Å²) in [6.45, 7) is 0.00335. The van der Waals surface area contributed by atoms with Gasteiger partial charge in [-0.3, -0.25) is 9.78 Å². The molecule has 0 aliphatic rings. The van der Waals surface area contributed by atoms with Crippen molar-refractivity contribution in [3.05, 3.63) is 76.4 Å². The average Bonchev–Trinajstić information content (AvgIpc) is 2.59. The molecule has 5 heteroatoms. The van der Waals surface area contributed by atoms with E-state index < -0.39 is 11.8 Å². The molecular weight excluding hydrogens is 358 g/mol. The van der Waals surface area contributed by atoms with E-state index >= 15 is 0 Å². The Kier molecular flexibility index (Phi) is 4.48. The first kappa shape index (κ1) is 15.4. The minimum Gasteiger partial charge on any atom is -0.455 e. The van der Waals surface area contributed by atoms with E-state index in [0.29, 0.717) is 4.47 Å². The van der Waals surface area contributed by atoms with Gasteiger partial charge < -0.3 is 4.74 Å². The van der Waals surface area contributed by atoms with Crippen LogP contribution in [0.1, 0.15) is 15.9 Å². The van der Waals surface area contributed by atoms with Crippen molar-refractivity contribution in [2.24, 2.45) is 0 Å². The number of benzene rings is 2. The van der Waals surface area contributed by atoms with E-state index in [0.717, 1.165) is 16.5 Å². The Bertz CT molecular complexity index is 887. The molecule has 1 aromatic heterocycles. The average molecular weight is 370 g/mol. The number of ether oxygens (including phenoxy) is 1. The molecule has 3 aromatic rings. The predicted molar refractivity (Wildman–Crippen MR) is 90.0 cm³/mol. The number of aromatic nitrogens is 1. The number of hydrogen-bond donors (Lipinski definition) is 0. The van der Waals surface area contributed by atoms with Crippen molar-refractivity contribution in [3.63, 3.8) is 0 Å². The summed E-state index contributed by atoms with van der Waals surface area (Å²) < 4.78 is 5.72. The highest BCUT2D eigenvalue weighted by molar-refractivity contribution is 9.10. The highest BCUT2D eigenvalue weighted by Gasteiger charge is 2.20. The van der Waals surface area contributed by atoms with Crippen LogP contribution in [0.5, 0.6) is 0 Å². The number of fused-ring (bicyclic) bond motifs is 1. The minimum atomic E-state index is -0.884. The van der Waals surface area contributed by atoms with Crippen LogP contribution in [0.3, 0.4) is 0 Å². The van der Waals surface area contributed by atoms with Crippen LogP contribution in [0, 0.1) is 0 Å². The molecule has 0 saturated heterocycles. The van der Waals surface area contributed by atoms with Crippen LogP contribution in [-0.2, 0) is 16.1 Å². The highest BCUT2D eigenvalue weighted by atomic mass is 79.9. The van der Waals surface area contributed by atoms with Crippen LogP contribution in [0.4, 0.5) is 0 Å². The van der Waals surface area contributed by atoms with Crippen molar-refractivity contribution in [1.82, 2.24) is 4.98 Å². The molecule has 0 spiro atoms. The van der Waals surface area contributed by atoms with Gasteiger partial charge in [-0.05, 0) is 18.2 Å². The van der Waals surface area contributed by atoms with Gasteiger partial charge in [-0.1, -0.05) is 52.3 Å². The number of carbonyl (C=O) groups excluding carboxylic acids is 2. The number of para-hydroxylation sites is 1. The van der Waals surface area contributed by atoms with Crippen LogP contribution >= 0.6 is 15.9 Å². The molecule has 0 atom stereocenters. The van der Waals surface area contributed by atoms with E-state index in [1.807, 2.05) is 30.3 Å². The van der Waals surface area contributed by atoms with Gasteiger partial charge in [0.05, 0.1) is 5.52 Å². The maximum Gasteiger partial charge on any atom is 0.380 e. The molecule has 1 heterocycles. The summed E-state index contributed by atoms with van der Waals surface area (Å²) in [6.07, 6.45) is 1.68. The molecule has 3 rings (SSSR count). The Morgan fingerprint density at radius 3 is 2.61 bits per heavy atom. The number of halogens is 1.